The molecule has 4 aromatic rings. The number of halogens is 1. The Morgan fingerprint density at radius 1 is 0.786 bits per heavy atom. The van der Waals surface area contributed by atoms with Gasteiger partial charge in [-0.3, -0.25) is 23.7 Å². The molecule has 3 aromatic carbocycles. The number of nitrogens with two attached hydrogens (primary N) is 1. The van der Waals surface area contributed by atoms with Crippen molar-refractivity contribution in [3.63, 3.8) is 0 Å². The summed E-state index contributed by atoms with van der Waals surface area (Å²) in [6.45, 7) is 0. The number of nitrogen functional groups attached to an aromatic ring is 1. The third-order valence-corrected chi connectivity index (χ3v) is 7.73. The van der Waals surface area contributed by atoms with Gasteiger partial charge in [-0.05, 0) is 6.07 Å². The van der Waals surface area contributed by atoms with Gasteiger partial charge in [0, 0.05) is 22.9 Å². The van der Waals surface area contributed by atoms with Crippen molar-refractivity contribution in [3.05, 3.63) is 135 Å². The maximum Gasteiger partial charge on any atom is 0.273 e. The lowest BCUT2D eigenvalue weighted by Gasteiger charge is -2.39. The molecule has 42 heavy (non-hydrogen) atoms. The molecule has 0 saturated carbocycles. The van der Waals surface area contributed by atoms with Crippen molar-refractivity contribution >= 4 is 34.6 Å². The number of carbonyl (C=O) groups is 3. The predicted molar refractivity (Wildman–Crippen MR) is 152 cm³/mol. The van der Waals surface area contributed by atoms with Gasteiger partial charge >= 0.3 is 0 Å². The summed E-state index contributed by atoms with van der Waals surface area (Å²) in [6.07, 6.45) is -5.64. The maximum absolute atomic E-state index is 14.2. The van der Waals surface area contributed by atoms with Gasteiger partial charge in [0.2, 0.25) is 17.2 Å². The number of aliphatic hydroxyl groups excluding tert-OH is 1. The Morgan fingerprint density at radius 3 is 1.74 bits per heavy atom. The van der Waals surface area contributed by atoms with Crippen LogP contribution >= 0.6 is 11.6 Å². The highest BCUT2D eigenvalue weighted by atomic mass is 35.5. The van der Waals surface area contributed by atoms with Crippen molar-refractivity contribution in [1.82, 2.24) is 4.57 Å². The molecule has 1 unspecified atom stereocenters. The van der Waals surface area contributed by atoms with Crippen molar-refractivity contribution in [2.24, 2.45) is 0 Å². The van der Waals surface area contributed by atoms with Gasteiger partial charge in [-0.2, -0.15) is 0 Å². The molecule has 5 atom stereocenters. The number of Topliss-reactive ketones (excluding diaryl/α,β-unsaturated/α-hetero) is 3. The number of pyridine rings is 1. The van der Waals surface area contributed by atoms with E-state index in [0.717, 1.165) is 6.20 Å². The SMILES string of the molecule is Nc1ccn([C@@H]2O[C@H](C(O)C(=O)c3ccccc3)[C@](O)(C(=O)c3ccccc3)[C@]2(O)C(=O)c2ccccc2)c(=O)c1Cl. The Balaban J connectivity index is 1.79. The lowest BCUT2D eigenvalue weighted by Crippen LogP contribution is -2.69. The summed E-state index contributed by atoms with van der Waals surface area (Å²) >= 11 is 6.10. The Bertz CT molecular complexity index is 1710. The zero-order valence-corrected chi connectivity index (χ0v) is 22.6. The number of benzene rings is 3. The van der Waals surface area contributed by atoms with Gasteiger partial charge in [-0.1, -0.05) is 103 Å². The van der Waals surface area contributed by atoms with Crippen LogP contribution < -0.4 is 11.3 Å². The second-order valence-electron chi connectivity index (χ2n) is 9.80. The van der Waals surface area contributed by atoms with Crippen LogP contribution in [0.2, 0.25) is 5.02 Å². The molecule has 1 aromatic heterocycles. The summed E-state index contributed by atoms with van der Waals surface area (Å²) in [5.41, 5.74) is -2.33. The van der Waals surface area contributed by atoms with Gasteiger partial charge in [0.25, 0.3) is 5.56 Å². The molecule has 0 aliphatic carbocycles. The van der Waals surface area contributed by atoms with E-state index in [9.17, 15) is 34.5 Å². The van der Waals surface area contributed by atoms with Gasteiger partial charge in [0.15, 0.2) is 17.6 Å². The summed E-state index contributed by atoms with van der Waals surface area (Å²) in [5, 5.41) is 35.7. The highest BCUT2D eigenvalue weighted by molar-refractivity contribution is 6.32. The summed E-state index contributed by atoms with van der Waals surface area (Å²) < 4.78 is 6.58. The molecular formula is C31H25ClN2O8. The van der Waals surface area contributed by atoms with E-state index in [1.165, 1.54) is 78.9 Å². The van der Waals surface area contributed by atoms with Gasteiger partial charge in [-0.15, -0.1) is 0 Å². The molecule has 11 heteroatoms. The number of ketones is 3. The fourth-order valence-electron chi connectivity index (χ4n) is 5.15. The Kier molecular flexibility index (Phi) is 7.67. The highest BCUT2D eigenvalue weighted by Crippen LogP contribution is 2.50. The van der Waals surface area contributed by atoms with E-state index in [1.807, 2.05) is 0 Å². The van der Waals surface area contributed by atoms with Crippen LogP contribution in [0.5, 0.6) is 0 Å². The van der Waals surface area contributed by atoms with E-state index in [-0.39, 0.29) is 22.4 Å². The average Bonchev–Trinajstić information content (AvgIpc) is 3.27. The minimum Gasteiger partial charge on any atom is -0.397 e. The first-order valence-electron chi connectivity index (χ1n) is 12.8. The smallest absolute Gasteiger partial charge is 0.273 e. The molecule has 5 N–H and O–H groups in total. The predicted octanol–water partition coefficient (Wildman–Crippen LogP) is 2.45. The minimum absolute atomic E-state index is 0.00261. The van der Waals surface area contributed by atoms with Gasteiger partial charge in [0.05, 0.1) is 5.69 Å². The molecule has 5 rings (SSSR count). The summed E-state index contributed by atoms with van der Waals surface area (Å²) in [7, 11) is 0. The summed E-state index contributed by atoms with van der Waals surface area (Å²) in [4.78, 5) is 55.0. The van der Waals surface area contributed by atoms with Gasteiger partial charge in [-0.25, -0.2) is 0 Å². The number of carbonyl (C=O) groups excluding carboxylic acids is 3. The molecule has 1 fully saturated rings. The third-order valence-electron chi connectivity index (χ3n) is 7.35. The zero-order valence-electron chi connectivity index (χ0n) is 21.8. The molecular weight excluding hydrogens is 564 g/mol. The number of nitrogens with zero attached hydrogens (tertiary/aromatic N) is 1. The highest BCUT2D eigenvalue weighted by Gasteiger charge is 2.75. The molecule has 0 spiro atoms. The first-order valence-corrected chi connectivity index (χ1v) is 13.1. The molecule has 2 heterocycles. The number of aromatic nitrogens is 1. The first kappa shape index (κ1) is 29.1. The monoisotopic (exact) mass is 588 g/mol. The quantitative estimate of drug-likeness (QED) is 0.226. The van der Waals surface area contributed by atoms with Crippen LogP contribution in [0.4, 0.5) is 5.69 Å². The van der Waals surface area contributed by atoms with Crippen LogP contribution in [0.3, 0.4) is 0 Å². The minimum atomic E-state index is -3.32. The van der Waals surface area contributed by atoms with Crippen molar-refractivity contribution in [2.75, 3.05) is 5.73 Å². The molecule has 0 radical (unpaired) electrons. The molecule has 1 saturated heterocycles. The largest absolute Gasteiger partial charge is 0.397 e. The topological polar surface area (TPSA) is 169 Å². The van der Waals surface area contributed by atoms with Crippen molar-refractivity contribution in [2.45, 2.75) is 29.6 Å². The fourth-order valence-corrected chi connectivity index (χ4v) is 5.31. The zero-order chi connectivity index (χ0) is 30.2. The van der Waals surface area contributed by atoms with E-state index in [4.69, 9.17) is 22.1 Å². The number of anilines is 1. The van der Waals surface area contributed by atoms with Crippen LogP contribution in [0.1, 0.15) is 37.3 Å². The van der Waals surface area contributed by atoms with Crippen LogP contribution in [-0.2, 0) is 4.74 Å². The average molecular weight is 589 g/mol. The number of hydrogen-bond donors (Lipinski definition) is 4. The number of hydrogen-bond acceptors (Lipinski definition) is 9. The van der Waals surface area contributed by atoms with Gasteiger partial charge in [0.1, 0.15) is 17.2 Å². The maximum atomic E-state index is 14.2. The van der Waals surface area contributed by atoms with E-state index >= 15 is 0 Å². The number of ether oxygens (including phenoxy) is 1. The van der Waals surface area contributed by atoms with Crippen molar-refractivity contribution in [1.29, 1.82) is 0 Å². The lowest BCUT2D eigenvalue weighted by molar-refractivity contribution is -0.108. The summed E-state index contributed by atoms with van der Waals surface area (Å²) in [6, 6.07) is 23.1. The van der Waals surface area contributed by atoms with Crippen LogP contribution in [0.15, 0.2) is 108 Å². The second kappa shape index (κ2) is 11.1. The lowest BCUT2D eigenvalue weighted by atomic mass is 9.69. The molecule has 214 valence electrons. The van der Waals surface area contributed by atoms with Crippen LogP contribution in [0.25, 0.3) is 0 Å². The Labute approximate surface area is 244 Å². The van der Waals surface area contributed by atoms with Crippen LogP contribution in [0, 0.1) is 0 Å². The first-order chi connectivity index (χ1) is 20.0. The molecule has 1 aliphatic rings. The van der Waals surface area contributed by atoms with Crippen molar-refractivity contribution in [3.8, 4) is 0 Å². The number of rotatable bonds is 8. The van der Waals surface area contributed by atoms with E-state index < -0.39 is 57.6 Å². The Morgan fingerprint density at radius 2 is 1.24 bits per heavy atom. The molecule has 10 nitrogen and oxygen atoms in total. The van der Waals surface area contributed by atoms with E-state index in [1.54, 1.807) is 18.2 Å². The van der Waals surface area contributed by atoms with E-state index in [0.29, 0.717) is 4.57 Å². The van der Waals surface area contributed by atoms with Crippen LogP contribution in [-0.4, -0.2) is 60.6 Å². The molecule has 0 amide bonds. The van der Waals surface area contributed by atoms with Crippen molar-refractivity contribution < 1.29 is 34.4 Å². The normalized spacial score (nSPS) is 24.2. The Hall–Kier alpha value is -4.45. The summed E-state index contributed by atoms with van der Waals surface area (Å²) in [5.74, 6) is -3.43. The number of aliphatic hydroxyl groups is 3. The molecule has 0 bridgehead atoms. The fraction of sp³-hybridized carbons (Fsp3) is 0.161. The van der Waals surface area contributed by atoms with E-state index in [2.05, 4.69) is 0 Å². The van der Waals surface area contributed by atoms with Gasteiger partial charge < -0.3 is 25.8 Å². The third kappa shape index (κ3) is 4.46. The standard InChI is InChI=1S/C31H25ClN2O8/c32-22-21(33)16-17-34(28(22)39)29-31(41,26(38)20-14-8-3-9-15-20)30(40,25(37)19-12-6-2-7-13-19)27(42-29)24(36)23(35)18-10-4-1-5-11-18/h1-17,24,27,29,36,40-41H,33H2/t24?,27-,29-,30-,31+/m1/s1. The molecule has 1 aliphatic heterocycles. The second-order valence-corrected chi connectivity index (χ2v) is 10.2.